The first-order valence-corrected chi connectivity index (χ1v) is 5.62. The van der Waals surface area contributed by atoms with Crippen LogP contribution in [0.25, 0.3) is 0 Å². The van der Waals surface area contributed by atoms with Gasteiger partial charge in [-0.05, 0) is 18.6 Å². The van der Waals surface area contributed by atoms with Crippen LogP contribution in [0.5, 0.6) is 0 Å². The van der Waals surface area contributed by atoms with Gasteiger partial charge in [0.2, 0.25) is 0 Å². The number of hydrogen-bond acceptors (Lipinski definition) is 6. The van der Waals surface area contributed by atoms with Crippen LogP contribution >= 0.6 is 0 Å². The molecular formula is C11H16N4O4. The molecule has 0 saturated carbocycles. The summed E-state index contributed by atoms with van der Waals surface area (Å²) in [5, 5.41) is 13.4. The van der Waals surface area contributed by atoms with Gasteiger partial charge in [-0.2, -0.15) is 0 Å². The van der Waals surface area contributed by atoms with E-state index in [0.29, 0.717) is 25.3 Å². The van der Waals surface area contributed by atoms with Gasteiger partial charge in [0.15, 0.2) is 0 Å². The van der Waals surface area contributed by atoms with Crippen molar-refractivity contribution in [1.82, 2.24) is 5.32 Å². The summed E-state index contributed by atoms with van der Waals surface area (Å²) >= 11 is 0. The number of carbonyl (C=O) groups excluding carboxylic acids is 1. The number of nitrogens with one attached hydrogen (secondary N) is 2. The molecule has 0 bridgehead atoms. The first-order chi connectivity index (χ1) is 9.10. The average Bonchev–Trinajstić information content (AvgIpc) is 2.42. The molecule has 0 unspecified atom stereocenters. The third-order valence-electron chi connectivity index (χ3n) is 2.42. The number of nitrogen functional groups attached to an aromatic ring is 1. The van der Waals surface area contributed by atoms with E-state index < -0.39 is 10.8 Å². The molecule has 0 radical (unpaired) electrons. The van der Waals surface area contributed by atoms with Crippen LogP contribution in [0.1, 0.15) is 16.8 Å². The molecule has 8 heteroatoms. The molecule has 1 amide bonds. The van der Waals surface area contributed by atoms with E-state index in [-0.39, 0.29) is 11.3 Å². The van der Waals surface area contributed by atoms with Crippen LogP contribution in [0.4, 0.5) is 11.4 Å². The van der Waals surface area contributed by atoms with Crippen LogP contribution in [-0.2, 0) is 4.74 Å². The van der Waals surface area contributed by atoms with Crippen molar-refractivity contribution in [3.05, 3.63) is 33.9 Å². The monoisotopic (exact) mass is 268 g/mol. The Kier molecular flexibility index (Phi) is 5.71. The fourth-order valence-electron chi connectivity index (χ4n) is 1.48. The van der Waals surface area contributed by atoms with Crippen molar-refractivity contribution < 1.29 is 14.5 Å². The number of anilines is 1. The average molecular weight is 268 g/mol. The van der Waals surface area contributed by atoms with Gasteiger partial charge in [0.05, 0.1) is 4.92 Å². The smallest absolute Gasteiger partial charge is 0.282 e. The van der Waals surface area contributed by atoms with Gasteiger partial charge in [-0.3, -0.25) is 20.8 Å². The molecule has 0 fully saturated rings. The minimum atomic E-state index is -0.607. The lowest BCUT2D eigenvalue weighted by atomic mass is 10.1. The number of methoxy groups -OCH3 is 1. The van der Waals surface area contributed by atoms with Gasteiger partial charge in [-0.15, -0.1) is 0 Å². The van der Waals surface area contributed by atoms with E-state index in [1.54, 1.807) is 7.11 Å². The van der Waals surface area contributed by atoms with Crippen molar-refractivity contribution in [2.45, 2.75) is 6.42 Å². The highest BCUT2D eigenvalue weighted by atomic mass is 16.6. The molecule has 0 aliphatic rings. The van der Waals surface area contributed by atoms with Gasteiger partial charge in [0.25, 0.3) is 11.6 Å². The molecule has 1 aromatic carbocycles. The molecule has 104 valence electrons. The van der Waals surface area contributed by atoms with E-state index >= 15 is 0 Å². The largest absolute Gasteiger partial charge is 0.385 e. The lowest BCUT2D eigenvalue weighted by Crippen LogP contribution is -2.26. The summed E-state index contributed by atoms with van der Waals surface area (Å²) in [7, 11) is 1.56. The van der Waals surface area contributed by atoms with Crippen molar-refractivity contribution in [2.24, 2.45) is 5.84 Å². The van der Waals surface area contributed by atoms with E-state index in [9.17, 15) is 14.9 Å². The second-order valence-electron chi connectivity index (χ2n) is 3.74. The highest BCUT2D eigenvalue weighted by Gasteiger charge is 2.20. The fraction of sp³-hybridized carbons (Fsp3) is 0.364. The maximum Gasteiger partial charge on any atom is 0.282 e. The first kappa shape index (κ1) is 14.9. The number of hydrazine groups is 1. The number of hydrogen-bond donors (Lipinski definition) is 3. The molecule has 4 N–H and O–H groups in total. The van der Waals surface area contributed by atoms with Crippen molar-refractivity contribution >= 4 is 17.3 Å². The minimum Gasteiger partial charge on any atom is -0.385 e. The number of amides is 1. The Hall–Kier alpha value is -2.19. The molecule has 19 heavy (non-hydrogen) atoms. The maximum atomic E-state index is 11.9. The zero-order valence-electron chi connectivity index (χ0n) is 10.5. The van der Waals surface area contributed by atoms with Crippen LogP contribution in [0.3, 0.4) is 0 Å². The van der Waals surface area contributed by atoms with Gasteiger partial charge in [-0.1, -0.05) is 0 Å². The molecule has 0 heterocycles. The molecule has 8 nitrogen and oxygen atoms in total. The second kappa shape index (κ2) is 7.29. The van der Waals surface area contributed by atoms with Gasteiger partial charge >= 0.3 is 0 Å². The second-order valence-corrected chi connectivity index (χ2v) is 3.74. The Labute approximate surface area is 110 Å². The highest BCUT2D eigenvalue weighted by Crippen LogP contribution is 2.22. The predicted molar refractivity (Wildman–Crippen MR) is 69.7 cm³/mol. The van der Waals surface area contributed by atoms with Crippen LogP contribution in [-0.4, -0.2) is 31.1 Å². The van der Waals surface area contributed by atoms with Crippen molar-refractivity contribution in [2.75, 3.05) is 25.7 Å². The number of benzene rings is 1. The predicted octanol–water partition coefficient (Wildman–Crippen LogP) is 0.647. The summed E-state index contributed by atoms with van der Waals surface area (Å²) in [6, 6.07) is 4.00. The van der Waals surface area contributed by atoms with Crippen molar-refractivity contribution in [1.29, 1.82) is 0 Å². The summed E-state index contributed by atoms with van der Waals surface area (Å²) < 4.78 is 4.84. The topological polar surface area (TPSA) is 120 Å². The van der Waals surface area contributed by atoms with Gasteiger partial charge in [-0.25, -0.2) is 0 Å². The van der Waals surface area contributed by atoms with E-state index in [4.69, 9.17) is 10.6 Å². The molecule has 0 aliphatic carbocycles. The number of rotatable bonds is 7. The number of nitro groups is 1. The molecule has 0 aliphatic heterocycles. The Morgan fingerprint density at radius 2 is 2.26 bits per heavy atom. The van der Waals surface area contributed by atoms with Crippen LogP contribution in [0, 0.1) is 10.1 Å². The van der Waals surface area contributed by atoms with Crippen LogP contribution < -0.4 is 16.6 Å². The summed E-state index contributed by atoms with van der Waals surface area (Å²) in [4.78, 5) is 22.1. The molecule has 1 aromatic rings. The fourth-order valence-corrected chi connectivity index (χ4v) is 1.48. The number of nitrogens with zero attached hydrogens (tertiary/aromatic N) is 1. The minimum absolute atomic E-state index is 0.0298. The van der Waals surface area contributed by atoms with E-state index in [1.165, 1.54) is 18.2 Å². The Bertz CT molecular complexity index is 464. The third kappa shape index (κ3) is 4.19. The van der Waals surface area contributed by atoms with Crippen molar-refractivity contribution in [3.63, 3.8) is 0 Å². The lowest BCUT2D eigenvalue weighted by Gasteiger charge is -2.07. The standard InChI is InChI=1S/C11H16N4O4/c1-19-6-2-5-13-11(16)9-7-8(14-12)3-4-10(9)15(17)18/h3-4,7,14H,2,5-6,12H2,1H3,(H,13,16). The Morgan fingerprint density at radius 1 is 1.53 bits per heavy atom. The normalized spacial score (nSPS) is 10.0. The van der Waals surface area contributed by atoms with Crippen LogP contribution in [0.2, 0.25) is 0 Å². The summed E-state index contributed by atoms with van der Waals surface area (Å²) in [6.07, 6.45) is 0.630. The summed E-state index contributed by atoms with van der Waals surface area (Å²) in [5.41, 5.74) is 2.48. The van der Waals surface area contributed by atoms with Gasteiger partial charge < -0.3 is 15.5 Å². The molecule has 0 atom stereocenters. The Morgan fingerprint density at radius 3 is 2.84 bits per heavy atom. The third-order valence-corrected chi connectivity index (χ3v) is 2.42. The maximum absolute atomic E-state index is 11.9. The lowest BCUT2D eigenvalue weighted by molar-refractivity contribution is -0.385. The zero-order chi connectivity index (χ0) is 14.3. The van der Waals surface area contributed by atoms with Gasteiger partial charge in [0, 0.05) is 32.0 Å². The zero-order valence-corrected chi connectivity index (χ0v) is 10.5. The summed E-state index contributed by atoms with van der Waals surface area (Å²) in [6.45, 7) is 0.886. The molecule has 0 saturated heterocycles. The van der Waals surface area contributed by atoms with E-state index in [0.717, 1.165) is 0 Å². The van der Waals surface area contributed by atoms with Crippen molar-refractivity contribution in [3.8, 4) is 0 Å². The van der Waals surface area contributed by atoms with Crippen LogP contribution in [0.15, 0.2) is 18.2 Å². The Balaban J connectivity index is 2.83. The highest BCUT2D eigenvalue weighted by molar-refractivity contribution is 5.99. The number of ether oxygens (including phenoxy) is 1. The SMILES string of the molecule is COCCCNC(=O)c1cc(NN)ccc1[N+](=O)[O-]. The molecule has 1 rings (SSSR count). The number of nitrogens with two attached hydrogens (primary N) is 1. The molecule has 0 aromatic heterocycles. The summed E-state index contributed by atoms with van der Waals surface area (Å²) in [5.74, 6) is 4.70. The first-order valence-electron chi connectivity index (χ1n) is 5.62. The number of carbonyl (C=O) groups is 1. The van der Waals surface area contributed by atoms with E-state index in [1.807, 2.05) is 0 Å². The van der Waals surface area contributed by atoms with Gasteiger partial charge in [0.1, 0.15) is 5.56 Å². The molecular weight excluding hydrogens is 252 g/mol. The molecule has 0 spiro atoms. The quantitative estimate of drug-likeness (QED) is 0.289. The number of nitro benzene ring substituents is 1. The van der Waals surface area contributed by atoms with E-state index in [2.05, 4.69) is 10.7 Å².